The molecular weight excluding hydrogens is 352 g/mol. The molecule has 3 rings (SSSR count). The van der Waals surface area contributed by atoms with Gasteiger partial charge in [0.05, 0.1) is 24.6 Å². The zero-order chi connectivity index (χ0) is 18.5. The molecule has 0 aromatic heterocycles. The van der Waals surface area contributed by atoms with Crippen LogP contribution in [0.5, 0.6) is 5.75 Å². The van der Waals surface area contributed by atoms with Gasteiger partial charge in [-0.1, -0.05) is 29.3 Å². The van der Waals surface area contributed by atoms with E-state index in [1.165, 1.54) is 0 Å². The first-order valence-corrected chi connectivity index (χ1v) is 9.07. The van der Waals surface area contributed by atoms with Crippen LogP contribution in [0, 0.1) is 6.92 Å². The summed E-state index contributed by atoms with van der Waals surface area (Å²) < 4.78 is 11.1. The zero-order valence-corrected chi connectivity index (χ0v) is 15.8. The lowest BCUT2D eigenvalue weighted by Gasteiger charge is -2.30. The van der Waals surface area contributed by atoms with Crippen LogP contribution in [-0.2, 0) is 9.53 Å². The molecule has 138 valence electrons. The van der Waals surface area contributed by atoms with Crippen molar-refractivity contribution in [1.29, 1.82) is 0 Å². The van der Waals surface area contributed by atoms with Crippen LogP contribution in [0.1, 0.15) is 12.5 Å². The smallest absolute Gasteiger partial charge is 0.265 e. The minimum atomic E-state index is -0.630. The highest BCUT2D eigenvalue weighted by atomic mass is 35.5. The maximum atomic E-state index is 12.6. The molecule has 0 unspecified atom stereocenters. The topological polar surface area (TPSA) is 50.8 Å². The number of hydrogen-bond donors (Lipinski definition) is 1. The molecule has 26 heavy (non-hydrogen) atoms. The molecule has 1 saturated heterocycles. The molecule has 2 aromatic rings. The van der Waals surface area contributed by atoms with Crippen molar-refractivity contribution in [3.63, 3.8) is 0 Å². The predicted molar refractivity (Wildman–Crippen MR) is 104 cm³/mol. The molecule has 0 saturated carbocycles. The van der Waals surface area contributed by atoms with E-state index in [2.05, 4.69) is 10.2 Å². The quantitative estimate of drug-likeness (QED) is 0.862. The van der Waals surface area contributed by atoms with E-state index in [9.17, 15) is 4.79 Å². The number of nitrogens with one attached hydrogen (secondary N) is 1. The molecule has 1 amide bonds. The largest absolute Gasteiger partial charge is 0.481 e. The Labute approximate surface area is 158 Å². The fraction of sp³-hybridized carbons (Fsp3) is 0.350. The van der Waals surface area contributed by atoms with Gasteiger partial charge in [-0.3, -0.25) is 4.79 Å². The molecule has 1 heterocycles. The fourth-order valence-corrected chi connectivity index (χ4v) is 2.97. The van der Waals surface area contributed by atoms with Crippen LogP contribution >= 0.6 is 11.6 Å². The van der Waals surface area contributed by atoms with Crippen LogP contribution < -0.4 is 15.0 Å². The van der Waals surface area contributed by atoms with Crippen molar-refractivity contribution in [2.45, 2.75) is 20.0 Å². The molecule has 1 fully saturated rings. The van der Waals surface area contributed by atoms with Gasteiger partial charge in [0.1, 0.15) is 5.75 Å². The Morgan fingerprint density at radius 2 is 1.88 bits per heavy atom. The van der Waals surface area contributed by atoms with Crippen molar-refractivity contribution in [2.24, 2.45) is 0 Å². The number of halogens is 1. The van der Waals surface area contributed by atoms with Crippen molar-refractivity contribution >= 4 is 28.9 Å². The lowest BCUT2D eigenvalue weighted by atomic mass is 10.2. The van der Waals surface area contributed by atoms with E-state index in [-0.39, 0.29) is 5.91 Å². The third-order valence-electron chi connectivity index (χ3n) is 4.27. The number of carbonyl (C=O) groups is 1. The minimum absolute atomic E-state index is 0.220. The fourth-order valence-electron chi connectivity index (χ4n) is 2.80. The number of carbonyl (C=O) groups excluding carboxylic acids is 1. The summed E-state index contributed by atoms with van der Waals surface area (Å²) in [5, 5.41) is 3.52. The summed E-state index contributed by atoms with van der Waals surface area (Å²) in [5.41, 5.74) is 2.76. The first kappa shape index (κ1) is 18.5. The SMILES string of the molecule is Cc1ccc(O[C@@H](C)C(=O)Nc2cc(Cl)ccc2N2CCOCC2)cc1. The van der Waals surface area contributed by atoms with Crippen LogP contribution in [0.4, 0.5) is 11.4 Å². The van der Waals surface area contributed by atoms with E-state index < -0.39 is 6.10 Å². The maximum absolute atomic E-state index is 12.6. The molecule has 0 bridgehead atoms. The summed E-state index contributed by atoms with van der Waals surface area (Å²) in [6, 6.07) is 13.1. The van der Waals surface area contributed by atoms with Gasteiger partial charge in [0.15, 0.2) is 6.10 Å². The maximum Gasteiger partial charge on any atom is 0.265 e. The van der Waals surface area contributed by atoms with Crippen LogP contribution in [0.3, 0.4) is 0 Å². The molecular formula is C20H23ClN2O3. The second-order valence-corrected chi connectivity index (χ2v) is 6.76. The summed E-state index contributed by atoms with van der Waals surface area (Å²) in [5.74, 6) is 0.445. The van der Waals surface area contributed by atoms with Gasteiger partial charge >= 0.3 is 0 Å². The van der Waals surface area contributed by atoms with Crippen molar-refractivity contribution in [1.82, 2.24) is 0 Å². The lowest BCUT2D eigenvalue weighted by molar-refractivity contribution is -0.122. The van der Waals surface area contributed by atoms with Crippen LogP contribution in [-0.4, -0.2) is 38.3 Å². The highest BCUT2D eigenvalue weighted by Crippen LogP contribution is 2.30. The van der Waals surface area contributed by atoms with E-state index in [1.807, 2.05) is 43.3 Å². The molecule has 0 radical (unpaired) electrons. The Morgan fingerprint density at radius 1 is 1.19 bits per heavy atom. The number of nitrogens with zero attached hydrogens (tertiary/aromatic N) is 1. The molecule has 1 atom stereocenters. The average Bonchev–Trinajstić information content (AvgIpc) is 2.64. The highest BCUT2D eigenvalue weighted by Gasteiger charge is 2.20. The van der Waals surface area contributed by atoms with Gasteiger partial charge in [-0.25, -0.2) is 0 Å². The highest BCUT2D eigenvalue weighted by molar-refractivity contribution is 6.31. The van der Waals surface area contributed by atoms with E-state index in [4.69, 9.17) is 21.1 Å². The number of rotatable bonds is 5. The van der Waals surface area contributed by atoms with Gasteiger partial charge in [0.2, 0.25) is 0 Å². The van der Waals surface area contributed by atoms with E-state index in [0.29, 0.717) is 29.7 Å². The van der Waals surface area contributed by atoms with Gasteiger partial charge in [-0.15, -0.1) is 0 Å². The van der Waals surface area contributed by atoms with Crippen molar-refractivity contribution in [2.75, 3.05) is 36.5 Å². The third kappa shape index (κ3) is 4.68. The minimum Gasteiger partial charge on any atom is -0.481 e. The number of benzene rings is 2. The predicted octanol–water partition coefficient (Wildman–Crippen LogP) is 3.89. The van der Waals surface area contributed by atoms with Crippen LogP contribution in [0.25, 0.3) is 0 Å². The van der Waals surface area contributed by atoms with Gasteiger partial charge in [-0.05, 0) is 44.2 Å². The zero-order valence-electron chi connectivity index (χ0n) is 15.0. The average molecular weight is 375 g/mol. The Morgan fingerprint density at radius 3 is 2.58 bits per heavy atom. The standard InChI is InChI=1S/C20H23ClN2O3/c1-14-3-6-17(7-4-14)26-15(2)20(24)22-18-13-16(21)5-8-19(18)23-9-11-25-12-10-23/h3-8,13,15H,9-12H2,1-2H3,(H,22,24)/t15-/m0/s1. The number of amides is 1. The lowest BCUT2D eigenvalue weighted by Crippen LogP contribution is -2.37. The Bertz CT molecular complexity index is 758. The number of aryl methyl sites for hydroxylation is 1. The number of hydrogen-bond acceptors (Lipinski definition) is 4. The normalized spacial score (nSPS) is 15.4. The second kappa shape index (κ2) is 8.43. The number of anilines is 2. The Hall–Kier alpha value is -2.24. The van der Waals surface area contributed by atoms with Gasteiger partial charge in [-0.2, -0.15) is 0 Å². The van der Waals surface area contributed by atoms with Crippen molar-refractivity contribution < 1.29 is 14.3 Å². The van der Waals surface area contributed by atoms with E-state index in [1.54, 1.807) is 13.0 Å². The van der Waals surface area contributed by atoms with E-state index in [0.717, 1.165) is 24.3 Å². The van der Waals surface area contributed by atoms with Gasteiger partial charge < -0.3 is 19.7 Å². The molecule has 1 aliphatic rings. The molecule has 5 nitrogen and oxygen atoms in total. The van der Waals surface area contributed by atoms with E-state index >= 15 is 0 Å². The Balaban J connectivity index is 1.71. The van der Waals surface area contributed by atoms with Gasteiger partial charge in [0.25, 0.3) is 5.91 Å². The molecule has 2 aromatic carbocycles. The second-order valence-electron chi connectivity index (χ2n) is 6.32. The summed E-state index contributed by atoms with van der Waals surface area (Å²) in [7, 11) is 0. The molecule has 6 heteroatoms. The number of morpholine rings is 1. The molecule has 0 aliphatic carbocycles. The first-order chi connectivity index (χ1) is 12.5. The molecule has 0 spiro atoms. The van der Waals surface area contributed by atoms with Crippen molar-refractivity contribution in [3.05, 3.63) is 53.1 Å². The third-order valence-corrected chi connectivity index (χ3v) is 4.51. The Kier molecular flexibility index (Phi) is 6.01. The monoisotopic (exact) mass is 374 g/mol. The summed E-state index contributed by atoms with van der Waals surface area (Å²) >= 11 is 6.14. The first-order valence-electron chi connectivity index (χ1n) is 8.69. The molecule has 1 N–H and O–H groups in total. The summed E-state index contributed by atoms with van der Waals surface area (Å²) in [6.07, 6.45) is -0.630. The van der Waals surface area contributed by atoms with Gasteiger partial charge in [0, 0.05) is 18.1 Å². The molecule has 1 aliphatic heterocycles. The van der Waals surface area contributed by atoms with Crippen LogP contribution in [0.2, 0.25) is 5.02 Å². The summed E-state index contributed by atoms with van der Waals surface area (Å²) in [4.78, 5) is 14.8. The summed E-state index contributed by atoms with van der Waals surface area (Å²) in [6.45, 7) is 6.63. The van der Waals surface area contributed by atoms with Crippen LogP contribution in [0.15, 0.2) is 42.5 Å². The number of ether oxygens (including phenoxy) is 2. The van der Waals surface area contributed by atoms with Crippen molar-refractivity contribution in [3.8, 4) is 5.75 Å².